The molecule has 5 rings (SSSR count). The van der Waals surface area contributed by atoms with Crippen LogP contribution in [0, 0.1) is 18.3 Å². The largest absolute Gasteiger partial charge is 0.495 e. The first-order valence-corrected chi connectivity index (χ1v) is 9.51. The lowest BCUT2D eigenvalue weighted by Gasteiger charge is -2.12. The Bertz CT molecular complexity index is 1360. The predicted molar refractivity (Wildman–Crippen MR) is 114 cm³/mol. The Kier molecular flexibility index (Phi) is 4.00. The van der Waals surface area contributed by atoms with Crippen LogP contribution in [0.25, 0.3) is 27.9 Å². The number of imidazole rings is 1. The number of ketones is 1. The molecule has 0 saturated heterocycles. The third-order valence-corrected chi connectivity index (χ3v) is 5.46. The first kappa shape index (κ1) is 17.9. The standard InChI is InChI=1S/C25H17N3O2/c1-15-13-28(14-27-15)23-10-20-19-8-7-18(17-5-3-16(12-26)4-6-17)9-21(19)25(29)22(20)11-24(23)30-2/h3-11,13-14H,1-2H3. The Morgan fingerprint density at radius 2 is 1.67 bits per heavy atom. The summed E-state index contributed by atoms with van der Waals surface area (Å²) in [5, 5.41) is 9.00. The van der Waals surface area contributed by atoms with E-state index in [0.29, 0.717) is 22.4 Å². The van der Waals surface area contributed by atoms with Gasteiger partial charge in [-0.25, -0.2) is 4.98 Å². The van der Waals surface area contributed by atoms with E-state index in [-0.39, 0.29) is 5.78 Å². The highest BCUT2D eigenvalue weighted by atomic mass is 16.5. The zero-order valence-corrected chi connectivity index (χ0v) is 16.5. The molecule has 0 amide bonds. The number of methoxy groups -OCH3 is 1. The highest BCUT2D eigenvalue weighted by molar-refractivity contribution is 6.22. The van der Waals surface area contributed by atoms with Crippen molar-refractivity contribution < 1.29 is 9.53 Å². The molecule has 30 heavy (non-hydrogen) atoms. The number of hydrogen-bond donors (Lipinski definition) is 0. The summed E-state index contributed by atoms with van der Waals surface area (Å²) in [7, 11) is 1.60. The SMILES string of the molecule is COc1cc2c(cc1-n1cnc(C)c1)-c1ccc(-c3ccc(C#N)cc3)cc1C2=O. The van der Waals surface area contributed by atoms with Crippen molar-refractivity contribution in [3.8, 4) is 39.8 Å². The molecule has 5 heteroatoms. The van der Waals surface area contributed by atoms with Gasteiger partial charge < -0.3 is 9.30 Å². The van der Waals surface area contributed by atoms with Gasteiger partial charge in [-0.1, -0.05) is 24.3 Å². The van der Waals surface area contributed by atoms with Crippen molar-refractivity contribution in [1.29, 1.82) is 5.26 Å². The molecule has 0 radical (unpaired) electrons. The quantitative estimate of drug-likeness (QED) is 0.437. The number of nitriles is 1. The summed E-state index contributed by atoms with van der Waals surface area (Å²) in [5.41, 5.74) is 7.38. The van der Waals surface area contributed by atoms with Gasteiger partial charge in [0.15, 0.2) is 5.78 Å². The van der Waals surface area contributed by atoms with Gasteiger partial charge in [-0.15, -0.1) is 0 Å². The van der Waals surface area contributed by atoms with Crippen molar-refractivity contribution in [2.45, 2.75) is 6.92 Å². The van der Waals surface area contributed by atoms with E-state index in [2.05, 4.69) is 11.1 Å². The fraction of sp³-hybridized carbons (Fsp3) is 0.0800. The number of hydrogen-bond acceptors (Lipinski definition) is 4. The van der Waals surface area contributed by atoms with Crippen LogP contribution in [0.5, 0.6) is 5.75 Å². The van der Waals surface area contributed by atoms with Crippen molar-refractivity contribution in [2.75, 3.05) is 7.11 Å². The third-order valence-electron chi connectivity index (χ3n) is 5.46. The van der Waals surface area contributed by atoms with Gasteiger partial charge in [0.2, 0.25) is 0 Å². The predicted octanol–water partition coefficient (Wildman–Crippen LogP) is 4.94. The van der Waals surface area contributed by atoms with Crippen LogP contribution in [0.3, 0.4) is 0 Å². The van der Waals surface area contributed by atoms with Crippen LogP contribution >= 0.6 is 0 Å². The Hall–Kier alpha value is -4.17. The van der Waals surface area contributed by atoms with E-state index in [4.69, 9.17) is 10.00 Å². The minimum atomic E-state index is -0.0119. The summed E-state index contributed by atoms with van der Waals surface area (Å²) >= 11 is 0. The normalized spacial score (nSPS) is 11.7. The minimum Gasteiger partial charge on any atom is -0.495 e. The number of aryl methyl sites for hydroxylation is 1. The van der Waals surface area contributed by atoms with E-state index >= 15 is 0 Å². The smallest absolute Gasteiger partial charge is 0.194 e. The molecule has 1 aromatic heterocycles. The summed E-state index contributed by atoms with van der Waals surface area (Å²) in [5.74, 6) is 0.613. The van der Waals surface area contributed by atoms with Crippen LogP contribution < -0.4 is 4.74 Å². The minimum absolute atomic E-state index is 0.0119. The van der Waals surface area contributed by atoms with E-state index in [1.54, 1.807) is 25.6 Å². The number of fused-ring (bicyclic) bond motifs is 3. The fourth-order valence-electron chi connectivity index (χ4n) is 3.93. The molecule has 3 aromatic carbocycles. The van der Waals surface area contributed by atoms with Crippen LogP contribution in [0.4, 0.5) is 0 Å². The molecule has 0 atom stereocenters. The highest BCUT2D eigenvalue weighted by Gasteiger charge is 2.29. The van der Waals surface area contributed by atoms with Gasteiger partial charge in [0.1, 0.15) is 5.75 Å². The summed E-state index contributed by atoms with van der Waals surface area (Å²) in [6, 6.07) is 19.2. The number of ether oxygens (including phenoxy) is 1. The number of aromatic nitrogens is 2. The van der Waals surface area contributed by atoms with E-state index in [1.165, 1.54) is 0 Å². The number of carbonyl (C=O) groups is 1. The summed E-state index contributed by atoms with van der Waals surface area (Å²) in [6.07, 6.45) is 3.67. The van der Waals surface area contributed by atoms with Gasteiger partial charge in [-0.05, 0) is 59.5 Å². The summed E-state index contributed by atoms with van der Waals surface area (Å²) in [4.78, 5) is 17.5. The summed E-state index contributed by atoms with van der Waals surface area (Å²) in [6.45, 7) is 1.93. The van der Waals surface area contributed by atoms with Crippen molar-refractivity contribution >= 4 is 5.78 Å². The van der Waals surface area contributed by atoms with Gasteiger partial charge in [0.25, 0.3) is 0 Å². The van der Waals surface area contributed by atoms with Gasteiger partial charge in [0.05, 0.1) is 36.5 Å². The molecule has 0 saturated carbocycles. The number of nitrogens with zero attached hydrogens (tertiary/aromatic N) is 3. The Balaban J connectivity index is 1.63. The van der Waals surface area contributed by atoms with Crippen molar-refractivity contribution in [3.63, 3.8) is 0 Å². The van der Waals surface area contributed by atoms with Crippen LogP contribution in [-0.2, 0) is 0 Å². The second-order valence-electron chi connectivity index (χ2n) is 7.27. The topological polar surface area (TPSA) is 67.9 Å². The maximum Gasteiger partial charge on any atom is 0.194 e. The number of carbonyl (C=O) groups excluding carboxylic acids is 1. The number of rotatable bonds is 3. The first-order valence-electron chi connectivity index (χ1n) is 9.51. The maximum absolute atomic E-state index is 13.2. The Morgan fingerprint density at radius 1 is 0.933 bits per heavy atom. The van der Waals surface area contributed by atoms with Crippen molar-refractivity contribution in [1.82, 2.24) is 9.55 Å². The van der Waals surface area contributed by atoms with Crippen molar-refractivity contribution in [2.24, 2.45) is 0 Å². The van der Waals surface area contributed by atoms with Gasteiger partial charge in [-0.3, -0.25) is 4.79 Å². The summed E-state index contributed by atoms with van der Waals surface area (Å²) < 4.78 is 7.47. The van der Waals surface area contributed by atoms with E-state index in [1.807, 2.05) is 60.2 Å². The van der Waals surface area contributed by atoms with E-state index < -0.39 is 0 Å². The second-order valence-corrected chi connectivity index (χ2v) is 7.27. The average molecular weight is 391 g/mol. The lowest BCUT2D eigenvalue weighted by Crippen LogP contribution is -2.00. The Labute approximate surface area is 173 Å². The number of benzene rings is 3. The molecule has 0 unspecified atom stereocenters. The molecule has 4 aromatic rings. The molecule has 0 aliphatic heterocycles. The fourth-order valence-corrected chi connectivity index (χ4v) is 3.93. The van der Waals surface area contributed by atoms with E-state index in [0.717, 1.165) is 33.6 Å². The average Bonchev–Trinajstić information content (AvgIpc) is 3.34. The maximum atomic E-state index is 13.2. The van der Waals surface area contributed by atoms with Crippen LogP contribution in [0.2, 0.25) is 0 Å². The lowest BCUT2D eigenvalue weighted by molar-refractivity contribution is 0.104. The zero-order valence-electron chi connectivity index (χ0n) is 16.5. The molecule has 1 aliphatic rings. The second kappa shape index (κ2) is 6.71. The molecule has 5 nitrogen and oxygen atoms in total. The molecule has 0 bridgehead atoms. The molecular formula is C25H17N3O2. The first-order chi connectivity index (χ1) is 14.6. The molecule has 1 heterocycles. The molecule has 1 aliphatic carbocycles. The molecule has 0 spiro atoms. The van der Waals surface area contributed by atoms with Gasteiger partial charge in [0, 0.05) is 17.3 Å². The van der Waals surface area contributed by atoms with Crippen molar-refractivity contribution in [3.05, 3.63) is 89.5 Å². The van der Waals surface area contributed by atoms with Gasteiger partial charge >= 0.3 is 0 Å². The molecular weight excluding hydrogens is 374 g/mol. The lowest BCUT2D eigenvalue weighted by atomic mass is 9.98. The monoisotopic (exact) mass is 391 g/mol. The molecule has 144 valence electrons. The van der Waals surface area contributed by atoms with Crippen LogP contribution in [0.15, 0.2) is 67.1 Å². The van der Waals surface area contributed by atoms with Gasteiger partial charge in [-0.2, -0.15) is 5.26 Å². The Morgan fingerprint density at radius 3 is 2.33 bits per heavy atom. The van der Waals surface area contributed by atoms with E-state index in [9.17, 15) is 4.79 Å². The molecule has 0 N–H and O–H groups in total. The highest BCUT2D eigenvalue weighted by Crippen LogP contribution is 2.42. The molecule has 0 fully saturated rings. The van der Waals surface area contributed by atoms with Crippen LogP contribution in [-0.4, -0.2) is 22.4 Å². The zero-order chi connectivity index (χ0) is 20.8. The van der Waals surface area contributed by atoms with Crippen LogP contribution in [0.1, 0.15) is 27.2 Å². The third kappa shape index (κ3) is 2.70.